The molecular formula is C24H18ClN3O. The minimum Gasteiger partial charge on any atom is -0.295 e. The molecule has 1 atom stereocenters. The summed E-state index contributed by atoms with van der Waals surface area (Å²) in [5.41, 5.74) is 6.21. The molecule has 0 unspecified atom stereocenters. The van der Waals surface area contributed by atoms with Gasteiger partial charge in [-0.1, -0.05) is 71.8 Å². The van der Waals surface area contributed by atoms with Gasteiger partial charge in [0, 0.05) is 21.8 Å². The van der Waals surface area contributed by atoms with E-state index in [1.54, 1.807) is 0 Å². The van der Waals surface area contributed by atoms with Crippen molar-refractivity contribution >= 4 is 23.2 Å². The maximum atomic E-state index is 13.4. The maximum absolute atomic E-state index is 13.4. The van der Waals surface area contributed by atoms with Crippen LogP contribution in [-0.4, -0.2) is 16.1 Å². The van der Waals surface area contributed by atoms with Crippen molar-refractivity contribution < 1.29 is 4.79 Å². The summed E-state index contributed by atoms with van der Waals surface area (Å²) in [6.45, 7) is 2.05. The number of carbonyl (C=O) groups excluding carboxylic acids is 1. The number of aryl methyl sites for hydroxylation is 1. The molecule has 5 rings (SSSR count). The summed E-state index contributed by atoms with van der Waals surface area (Å²) >= 11 is 6.12. The second-order valence-corrected chi connectivity index (χ2v) is 7.63. The number of carbonyl (C=O) groups is 1. The number of para-hydroxylation sites is 1. The lowest BCUT2D eigenvalue weighted by atomic mass is 9.95. The molecule has 0 saturated heterocycles. The Morgan fingerprint density at radius 1 is 0.931 bits per heavy atom. The third-order valence-corrected chi connectivity index (χ3v) is 5.57. The Morgan fingerprint density at radius 3 is 2.31 bits per heavy atom. The summed E-state index contributed by atoms with van der Waals surface area (Å²) in [4.78, 5) is 15.2. The normalized spacial score (nSPS) is 15.6. The number of fused-ring (bicyclic) bond motifs is 1. The van der Waals surface area contributed by atoms with Gasteiger partial charge in [0.1, 0.15) is 5.69 Å². The Morgan fingerprint density at radius 2 is 1.62 bits per heavy atom. The van der Waals surface area contributed by atoms with Crippen molar-refractivity contribution in [3.8, 4) is 11.3 Å². The maximum Gasteiger partial charge on any atom is 0.277 e. The number of aromatic nitrogens is 2. The van der Waals surface area contributed by atoms with Gasteiger partial charge in [0.2, 0.25) is 0 Å². The van der Waals surface area contributed by atoms with Crippen molar-refractivity contribution in [2.24, 2.45) is 0 Å². The quantitative estimate of drug-likeness (QED) is 0.474. The van der Waals surface area contributed by atoms with Crippen LogP contribution in [-0.2, 0) is 0 Å². The van der Waals surface area contributed by atoms with Gasteiger partial charge in [0.25, 0.3) is 5.91 Å². The fraction of sp³-hybridized carbons (Fsp3) is 0.0833. The molecule has 2 heterocycles. The summed E-state index contributed by atoms with van der Waals surface area (Å²) < 4.78 is 0. The van der Waals surface area contributed by atoms with E-state index in [-0.39, 0.29) is 11.9 Å². The molecule has 0 fully saturated rings. The average Bonchev–Trinajstić information content (AvgIpc) is 3.29. The summed E-state index contributed by atoms with van der Waals surface area (Å²) in [5.74, 6) is -0.0861. The Hall–Kier alpha value is -3.37. The van der Waals surface area contributed by atoms with Crippen molar-refractivity contribution in [3.63, 3.8) is 0 Å². The van der Waals surface area contributed by atoms with E-state index < -0.39 is 0 Å². The molecule has 3 aromatic carbocycles. The molecule has 5 heteroatoms. The molecule has 142 valence electrons. The number of nitrogens with zero attached hydrogens (tertiary/aromatic N) is 2. The van der Waals surface area contributed by atoms with Crippen LogP contribution in [0.5, 0.6) is 0 Å². The molecule has 4 aromatic rings. The van der Waals surface area contributed by atoms with Crippen LogP contribution >= 0.6 is 11.6 Å². The molecule has 29 heavy (non-hydrogen) atoms. The molecule has 1 N–H and O–H groups in total. The van der Waals surface area contributed by atoms with Crippen molar-refractivity contribution in [1.29, 1.82) is 0 Å². The van der Waals surface area contributed by atoms with Crippen molar-refractivity contribution in [2.45, 2.75) is 13.0 Å². The van der Waals surface area contributed by atoms with Gasteiger partial charge in [-0.05, 0) is 36.8 Å². The van der Waals surface area contributed by atoms with Crippen molar-refractivity contribution in [1.82, 2.24) is 10.2 Å². The van der Waals surface area contributed by atoms with Gasteiger partial charge in [-0.25, -0.2) is 0 Å². The first-order valence-electron chi connectivity index (χ1n) is 9.43. The third-order valence-electron chi connectivity index (χ3n) is 5.31. The first kappa shape index (κ1) is 17.7. The van der Waals surface area contributed by atoms with Gasteiger partial charge in [-0.15, -0.1) is 0 Å². The zero-order valence-corrected chi connectivity index (χ0v) is 16.5. The minimum absolute atomic E-state index is 0.0861. The summed E-state index contributed by atoms with van der Waals surface area (Å²) in [6, 6.07) is 25.3. The molecule has 0 radical (unpaired) electrons. The summed E-state index contributed by atoms with van der Waals surface area (Å²) in [5, 5.41) is 8.17. The predicted molar refractivity (Wildman–Crippen MR) is 115 cm³/mol. The Labute approximate surface area is 173 Å². The zero-order chi connectivity index (χ0) is 20.0. The first-order chi connectivity index (χ1) is 14.1. The number of amides is 1. The number of nitrogens with one attached hydrogen (secondary N) is 1. The molecular weight excluding hydrogens is 382 g/mol. The molecule has 4 nitrogen and oxygen atoms in total. The van der Waals surface area contributed by atoms with E-state index in [0.29, 0.717) is 10.7 Å². The fourth-order valence-corrected chi connectivity index (χ4v) is 4.02. The number of anilines is 1. The number of hydrogen-bond donors (Lipinski definition) is 1. The average molecular weight is 400 g/mol. The highest BCUT2D eigenvalue weighted by Crippen LogP contribution is 2.45. The third kappa shape index (κ3) is 2.93. The molecule has 1 aliphatic heterocycles. The van der Waals surface area contributed by atoms with Crippen LogP contribution in [0.15, 0.2) is 78.9 Å². The minimum atomic E-state index is -0.285. The van der Waals surface area contributed by atoms with Crippen LogP contribution in [0, 0.1) is 6.92 Å². The zero-order valence-electron chi connectivity index (χ0n) is 15.8. The number of hydrogen-bond acceptors (Lipinski definition) is 2. The van der Waals surface area contributed by atoms with Gasteiger partial charge in [-0.2, -0.15) is 5.10 Å². The van der Waals surface area contributed by atoms with Gasteiger partial charge >= 0.3 is 0 Å². The fourth-order valence-electron chi connectivity index (χ4n) is 3.89. The molecule has 1 amide bonds. The molecule has 0 saturated carbocycles. The van der Waals surface area contributed by atoms with Crippen LogP contribution < -0.4 is 4.90 Å². The first-order valence-corrected chi connectivity index (χ1v) is 9.80. The Bertz CT molecular complexity index is 1180. The predicted octanol–water partition coefficient (Wildman–Crippen LogP) is 5.79. The lowest BCUT2D eigenvalue weighted by Gasteiger charge is -2.26. The monoisotopic (exact) mass is 399 g/mol. The lowest BCUT2D eigenvalue weighted by Crippen LogP contribution is -2.29. The second kappa shape index (κ2) is 6.90. The highest BCUT2D eigenvalue weighted by Gasteiger charge is 2.42. The van der Waals surface area contributed by atoms with E-state index in [1.165, 1.54) is 5.56 Å². The summed E-state index contributed by atoms with van der Waals surface area (Å²) in [7, 11) is 0. The standard InChI is InChI=1S/C24H18ClN3O/c1-15-7-9-16(10-8-15)21-20-22(27-26-21)24(29)28(19-5-3-2-4-6-19)23(20)17-11-13-18(25)14-12-17/h2-14,23H,1H3,(H,26,27)/t23-/m1/s1. The Kier molecular flexibility index (Phi) is 4.22. The SMILES string of the molecule is Cc1ccc(-c2n[nH]c3c2[C@@H](c2ccc(Cl)cc2)N(c2ccccc2)C3=O)cc1. The van der Waals surface area contributed by atoms with E-state index in [4.69, 9.17) is 11.6 Å². The van der Waals surface area contributed by atoms with Crippen molar-refractivity contribution in [3.05, 3.63) is 106 Å². The lowest BCUT2D eigenvalue weighted by molar-refractivity contribution is 0.0989. The number of halogens is 1. The number of benzene rings is 3. The van der Waals surface area contributed by atoms with Crippen LogP contribution in [0.3, 0.4) is 0 Å². The number of aromatic amines is 1. The van der Waals surface area contributed by atoms with E-state index in [1.807, 2.05) is 71.6 Å². The smallest absolute Gasteiger partial charge is 0.277 e. The summed E-state index contributed by atoms with van der Waals surface area (Å²) in [6.07, 6.45) is 0. The van der Waals surface area contributed by atoms with E-state index >= 15 is 0 Å². The molecule has 0 bridgehead atoms. The second-order valence-electron chi connectivity index (χ2n) is 7.19. The molecule has 1 aliphatic rings. The Balaban J connectivity index is 1.72. The number of rotatable bonds is 3. The van der Waals surface area contributed by atoms with Gasteiger partial charge in [0.05, 0.1) is 11.7 Å². The van der Waals surface area contributed by atoms with Crippen LogP contribution in [0.4, 0.5) is 5.69 Å². The van der Waals surface area contributed by atoms with Crippen LogP contribution in [0.2, 0.25) is 5.02 Å². The molecule has 1 aromatic heterocycles. The van der Waals surface area contributed by atoms with E-state index in [0.717, 1.165) is 28.1 Å². The molecule has 0 spiro atoms. The largest absolute Gasteiger partial charge is 0.295 e. The van der Waals surface area contributed by atoms with E-state index in [2.05, 4.69) is 29.3 Å². The topological polar surface area (TPSA) is 49.0 Å². The van der Waals surface area contributed by atoms with Gasteiger partial charge in [-0.3, -0.25) is 14.8 Å². The highest BCUT2D eigenvalue weighted by atomic mass is 35.5. The molecule has 0 aliphatic carbocycles. The number of H-pyrrole nitrogens is 1. The van der Waals surface area contributed by atoms with Crippen LogP contribution in [0.1, 0.15) is 33.2 Å². The van der Waals surface area contributed by atoms with Gasteiger partial charge in [0.15, 0.2) is 0 Å². The van der Waals surface area contributed by atoms with E-state index in [9.17, 15) is 4.79 Å². The van der Waals surface area contributed by atoms with Crippen LogP contribution in [0.25, 0.3) is 11.3 Å². The van der Waals surface area contributed by atoms with Crippen molar-refractivity contribution in [2.75, 3.05) is 4.90 Å². The highest BCUT2D eigenvalue weighted by molar-refractivity contribution is 6.30. The van der Waals surface area contributed by atoms with Gasteiger partial charge < -0.3 is 0 Å².